The summed E-state index contributed by atoms with van der Waals surface area (Å²) >= 11 is 6.05. The highest BCUT2D eigenvalue weighted by atomic mass is 35.5. The van der Waals surface area contributed by atoms with Crippen LogP contribution in [0.4, 0.5) is 0 Å². The molecular formula is C9H13ClN4. The average molecular weight is 213 g/mol. The molecule has 0 aromatic heterocycles. The van der Waals surface area contributed by atoms with Gasteiger partial charge in [0.2, 0.25) is 0 Å². The summed E-state index contributed by atoms with van der Waals surface area (Å²) in [4.78, 5) is 0. The second kappa shape index (κ2) is 3.84. The largest absolute Gasteiger partial charge is 0.324 e. The van der Waals surface area contributed by atoms with Gasteiger partial charge in [0.05, 0.1) is 18.2 Å². The Balaban J connectivity index is 2.28. The first-order valence-corrected chi connectivity index (χ1v) is 4.84. The van der Waals surface area contributed by atoms with Crippen LogP contribution in [0.5, 0.6) is 0 Å². The molecule has 1 saturated heterocycles. The summed E-state index contributed by atoms with van der Waals surface area (Å²) in [5.41, 5.74) is 18.5. The molecule has 0 radical (unpaired) electrons. The van der Waals surface area contributed by atoms with Gasteiger partial charge >= 0.3 is 0 Å². The second-order valence-electron chi connectivity index (χ2n) is 3.39. The number of nitrogens with one attached hydrogen (secondary N) is 2. The van der Waals surface area contributed by atoms with Gasteiger partial charge in [0.25, 0.3) is 0 Å². The maximum atomic E-state index is 6.05. The van der Waals surface area contributed by atoms with Gasteiger partial charge in [-0.15, -0.1) is 0 Å². The summed E-state index contributed by atoms with van der Waals surface area (Å²) < 4.78 is 0. The fourth-order valence-corrected chi connectivity index (χ4v) is 1.85. The highest BCUT2D eigenvalue weighted by Gasteiger charge is 2.32. The molecule has 1 aromatic rings. The van der Waals surface area contributed by atoms with Crippen molar-refractivity contribution in [1.29, 1.82) is 0 Å². The predicted molar refractivity (Wildman–Crippen MR) is 56.4 cm³/mol. The topological polar surface area (TPSA) is 76.1 Å². The molecule has 3 atom stereocenters. The van der Waals surface area contributed by atoms with Crippen LogP contribution >= 0.6 is 11.6 Å². The smallest absolute Gasteiger partial charge is 0.0851 e. The maximum Gasteiger partial charge on any atom is 0.0851 e. The van der Waals surface area contributed by atoms with Gasteiger partial charge in [-0.1, -0.05) is 29.8 Å². The number of halogens is 1. The van der Waals surface area contributed by atoms with Crippen LogP contribution in [0.2, 0.25) is 5.02 Å². The monoisotopic (exact) mass is 212 g/mol. The minimum absolute atomic E-state index is 0.0290. The molecule has 0 bridgehead atoms. The van der Waals surface area contributed by atoms with Crippen LogP contribution in [0, 0.1) is 0 Å². The molecule has 1 fully saturated rings. The number of hydrazine groups is 1. The first-order valence-electron chi connectivity index (χ1n) is 4.47. The van der Waals surface area contributed by atoms with Gasteiger partial charge in [-0.05, 0) is 11.6 Å². The summed E-state index contributed by atoms with van der Waals surface area (Å²) in [7, 11) is 0. The van der Waals surface area contributed by atoms with E-state index in [1.54, 1.807) is 0 Å². The number of hydrogen-bond acceptors (Lipinski definition) is 4. The molecule has 1 aliphatic rings. The molecule has 1 aliphatic heterocycles. The molecule has 0 amide bonds. The van der Waals surface area contributed by atoms with Gasteiger partial charge in [-0.3, -0.25) is 0 Å². The zero-order valence-corrected chi connectivity index (χ0v) is 8.33. The van der Waals surface area contributed by atoms with Crippen LogP contribution in [0.1, 0.15) is 11.6 Å². The van der Waals surface area contributed by atoms with E-state index in [1.165, 1.54) is 0 Å². The third-order valence-corrected chi connectivity index (χ3v) is 2.79. The van der Waals surface area contributed by atoms with Gasteiger partial charge in [0.15, 0.2) is 0 Å². The first-order chi connectivity index (χ1) is 6.70. The molecule has 4 nitrogen and oxygen atoms in total. The summed E-state index contributed by atoms with van der Waals surface area (Å²) in [5, 5.41) is 0.705. The van der Waals surface area contributed by atoms with Crippen LogP contribution in [0.25, 0.3) is 0 Å². The van der Waals surface area contributed by atoms with Crippen molar-refractivity contribution >= 4 is 11.6 Å². The number of benzene rings is 1. The van der Waals surface area contributed by atoms with E-state index in [1.807, 2.05) is 24.3 Å². The van der Waals surface area contributed by atoms with Gasteiger partial charge in [0, 0.05) is 5.02 Å². The Labute approximate surface area is 87.6 Å². The van der Waals surface area contributed by atoms with Crippen molar-refractivity contribution in [2.45, 2.75) is 18.2 Å². The van der Waals surface area contributed by atoms with Crippen LogP contribution in [0.15, 0.2) is 24.3 Å². The molecule has 0 aliphatic carbocycles. The van der Waals surface area contributed by atoms with Crippen molar-refractivity contribution < 1.29 is 0 Å². The van der Waals surface area contributed by atoms with E-state index in [4.69, 9.17) is 23.1 Å². The van der Waals surface area contributed by atoms with Crippen LogP contribution in [-0.2, 0) is 0 Å². The molecule has 1 aromatic carbocycles. The lowest BCUT2D eigenvalue weighted by atomic mass is 10.0. The highest BCUT2D eigenvalue weighted by molar-refractivity contribution is 6.31. The minimum Gasteiger partial charge on any atom is -0.324 e. The first kappa shape index (κ1) is 9.89. The molecular weight excluding hydrogens is 200 g/mol. The highest BCUT2D eigenvalue weighted by Crippen LogP contribution is 2.26. The van der Waals surface area contributed by atoms with E-state index < -0.39 is 0 Å². The van der Waals surface area contributed by atoms with Crippen molar-refractivity contribution in [1.82, 2.24) is 10.9 Å². The Hall–Kier alpha value is -0.650. The molecule has 6 N–H and O–H groups in total. The van der Waals surface area contributed by atoms with E-state index in [0.29, 0.717) is 5.02 Å². The average Bonchev–Trinajstić information content (AvgIpc) is 2.49. The standard InChI is InChI=1S/C9H13ClN4/c10-6-4-2-1-3-5(6)8-7(11)9(12)14-13-8/h1-4,7-9,13-14H,11-12H2. The lowest BCUT2D eigenvalue weighted by molar-refractivity contribution is 0.540. The number of nitrogens with two attached hydrogens (primary N) is 2. The van der Waals surface area contributed by atoms with Crippen molar-refractivity contribution in [2.75, 3.05) is 0 Å². The Morgan fingerprint density at radius 2 is 1.86 bits per heavy atom. The fourth-order valence-electron chi connectivity index (χ4n) is 1.60. The van der Waals surface area contributed by atoms with Gasteiger partial charge < -0.3 is 11.5 Å². The SMILES string of the molecule is NC1NNC(c2ccccc2Cl)C1N. The van der Waals surface area contributed by atoms with Crippen LogP contribution < -0.4 is 22.3 Å². The van der Waals surface area contributed by atoms with E-state index in [0.717, 1.165) is 5.56 Å². The van der Waals surface area contributed by atoms with E-state index >= 15 is 0 Å². The van der Waals surface area contributed by atoms with E-state index in [-0.39, 0.29) is 18.2 Å². The normalized spacial score (nSPS) is 32.1. The quantitative estimate of drug-likeness (QED) is 0.533. The zero-order valence-electron chi connectivity index (χ0n) is 7.57. The predicted octanol–water partition coefficient (Wildman–Crippen LogP) is 0.101. The van der Waals surface area contributed by atoms with Gasteiger partial charge in [-0.25, -0.2) is 10.9 Å². The lowest BCUT2D eigenvalue weighted by Crippen LogP contribution is -2.45. The third-order valence-electron chi connectivity index (χ3n) is 2.45. The Bertz CT molecular complexity index is 330. The molecule has 0 spiro atoms. The molecule has 76 valence electrons. The Morgan fingerprint density at radius 1 is 1.14 bits per heavy atom. The van der Waals surface area contributed by atoms with Crippen molar-refractivity contribution in [3.05, 3.63) is 34.9 Å². The van der Waals surface area contributed by atoms with E-state index in [9.17, 15) is 0 Å². The molecule has 14 heavy (non-hydrogen) atoms. The fraction of sp³-hybridized carbons (Fsp3) is 0.333. The molecule has 5 heteroatoms. The molecule has 1 heterocycles. The third kappa shape index (κ3) is 1.63. The minimum atomic E-state index is -0.240. The van der Waals surface area contributed by atoms with Gasteiger partial charge in [-0.2, -0.15) is 0 Å². The van der Waals surface area contributed by atoms with E-state index in [2.05, 4.69) is 10.9 Å². The van der Waals surface area contributed by atoms with Crippen molar-refractivity contribution in [2.24, 2.45) is 11.5 Å². The zero-order chi connectivity index (χ0) is 10.1. The second-order valence-corrected chi connectivity index (χ2v) is 3.80. The lowest BCUT2D eigenvalue weighted by Gasteiger charge is -2.17. The van der Waals surface area contributed by atoms with Crippen molar-refractivity contribution in [3.63, 3.8) is 0 Å². The molecule has 3 unspecified atom stereocenters. The number of hydrogen-bond donors (Lipinski definition) is 4. The maximum absolute atomic E-state index is 6.05. The molecule has 0 saturated carbocycles. The summed E-state index contributed by atoms with van der Waals surface area (Å²) in [6, 6.07) is 7.40. The Morgan fingerprint density at radius 3 is 2.43 bits per heavy atom. The van der Waals surface area contributed by atoms with Crippen LogP contribution in [-0.4, -0.2) is 12.2 Å². The van der Waals surface area contributed by atoms with Crippen LogP contribution in [0.3, 0.4) is 0 Å². The molecule has 2 rings (SSSR count). The summed E-state index contributed by atoms with van der Waals surface area (Å²) in [6.45, 7) is 0. The summed E-state index contributed by atoms with van der Waals surface area (Å²) in [5.74, 6) is 0. The number of rotatable bonds is 1. The summed E-state index contributed by atoms with van der Waals surface area (Å²) in [6.07, 6.45) is -0.240. The Kier molecular flexibility index (Phi) is 2.71. The van der Waals surface area contributed by atoms with Crippen molar-refractivity contribution in [3.8, 4) is 0 Å². The van der Waals surface area contributed by atoms with Gasteiger partial charge in [0.1, 0.15) is 0 Å².